The Balaban J connectivity index is 1.66. The van der Waals surface area contributed by atoms with Gasteiger partial charge in [-0.1, -0.05) is 18.2 Å². The van der Waals surface area contributed by atoms with Crippen LogP contribution in [0.15, 0.2) is 48.5 Å². The van der Waals surface area contributed by atoms with Crippen molar-refractivity contribution in [3.8, 4) is 0 Å². The van der Waals surface area contributed by atoms with Crippen LogP contribution in [0.2, 0.25) is 0 Å². The van der Waals surface area contributed by atoms with E-state index in [0.29, 0.717) is 17.8 Å². The molecule has 3 rings (SSSR count). The smallest absolute Gasteiger partial charge is 0.309 e. The number of anilines is 2. The van der Waals surface area contributed by atoms with E-state index in [1.807, 2.05) is 24.3 Å². The Morgan fingerprint density at radius 2 is 1.74 bits per heavy atom. The molecule has 0 bridgehead atoms. The number of nitrogens with one attached hydrogen (secondary N) is 1. The first-order valence-corrected chi connectivity index (χ1v) is 8.81. The summed E-state index contributed by atoms with van der Waals surface area (Å²) in [7, 11) is 0. The highest BCUT2D eigenvalue weighted by Gasteiger charge is 2.30. The average molecular weight is 366 g/mol. The van der Waals surface area contributed by atoms with Crippen molar-refractivity contribution in [3.63, 3.8) is 0 Å². The van der Waals surface area contributed by atoms with Crippen LogP contribution in [0.25, 0.3) is 0 Å². The molecule has 0 aliphatic carbocycles. The van der Waals surface area contributed by atoms with Crippen molar-refractivity contribution >= 4 is 29.2 Å². The maximum absolute atomic E-state index is 12.8. The summed E-state index contributed by atoms with van der Waals surface area (Å²) in [6, 6.07) is 14.5. The van der Waals surface area contributed by atoms with Gasteiger partial charge in [0.2, 0.25) is 5.91 Å². The summed E-state index contributed by atoms with van der Waals surface area (Å²) in [6.07, 6.45) is 0.711. The Morgan fingerprint density at radius 3 is 2.41 bits per heavy atom. The summed E-state index contributed by atoms with van der Waals surface area (Å²) in [5.41, 5.74) is 2.03. The van der Waals surface area contributed by atoms with Crippen molar-refractivity contribution in [2.24, 2.45) is 5.41 Å². The molecule has 1 heterocycles. The molecule has 0 saturated carbocycles. The van der Waals surface area contributed by atoms with Crippen molar-refractivity contribution in [1.82, 2.24) is 0 Å². The molecule has 0 radical (unpaired) electrons. The van der Waals surface area contributed by atoms with Gasteiger partial charge >= 0.3 is 5.97 Å². The predicted octanol–water partition coefficient (Wildman–Crippen LogP) is 3.33. The number of rotatable bonds is 5. The quantitative estimate of drug-likeness (QED) is 0.850. The predicted molar refractivity (Wildman–Crippen MR) is 103 cm³/mol. The lowest BCUT2D eigenvalue weighted by atomic mass is 9.89. The van der Waals surface area contributed by atoms with Crippen LogP contribution < -0.4 is 10.2 Å². The number of benzene rings is 2. The molecular formula is C21H22N2O4. The highest BCUT2D eigenvalue weighted by molar-refractivity contribution is 6.07. The molecule has 2 aromatic carbocycles. The Kier molecular flexibility index (Phi) is 4.99. The van der Waals surface area contributed by atoms with Gasteiger partial charge in [0, 0.05) is 29.9 Å². The number of para-hydroxylation sites is 1. The highest BCUT2D eigenvalue weighted by Crippen LogP contribution is 2.29. The van der Waals surface area contributed by atoms with Gasteiger partial charge in [0.15, 0.2) is 0 Å². The second-order valence-electron chi connectivity index (χ2n) is 7.33. The van der Waals surface area contributed by atoms with Crippen molar-refractivity contribution in [1.29, 1.82) is 0 Å². The van der Waals surface area contributed by atoms with E-state index in [9.17, 15) is 14.4 Å². The Hall–Kier alpha value is -3.15. The van der Waals surface area contributed by atoms with Gasteiger partial charge < -0.3 is 15.3 Å². The summed E-state index contributed by atoms with van der Waals surface area (Å²) in [5.74, 6) is -1.48. The average Bonchev–Trinajstić information content (AvgIpc) is 3.05. The van der Waals surface area contributed by atoms with E-state index in [-0.39, 0.29) is 18.2 Å². The molecule has 0 unspecified atom stereocenters. The topological polar surface area (TPSA) is 86.7 Å². The molecule has 140 valence electrons. The first-order chi connectivity index (χ1) is 12.8. The van der Waals surface area contributed by atoms with E-state index < -0.39 is 11.4 Å². The Bertz CT molecular complexity index is 887. The first kappa shape index (κ1) is 18.6. The van der Waals surface area contributed by atoms with Gasteiger partial charge in [0.1, 0.15) is 0 Å². The summed E-state index contributed by atoms with van der Waals surface area (Å²) >= 11 is 0. The van der Waals surface area contributed by atoms with E-state index in [1.54, 1.807) is 29.2 Å². The van der Waals surface area contributed by atoms with Gasteiger partial charge in [-0.05, 0) is 56.2 Å². The molecule has 6 nitrogen and oxygen atoms in total. The van der Waals surface area contributed by atoms with Crippen LogP contribution in [-0.2, 0) is 16.0 Å². The number of carboxylic acids is 1. The van der Waals surface area contributed by atoms with Crippen molar-refractivity contribution < 1.29 is 19.5 Å². The molecule has 0 atom stereocenters. The van der Waals surface area contributed by atoms with Crippen LogP contribution in [0.5, 0.6) is 0 Å². The third-order valence-electron chi connectivity index (χ3n) is 4.73. The molecule has 0 saturated heterocycles. The number of hydrogen-bond acceptors (Lipinski definition) is 3. The maximum atomic E-state index is 12.8. The highest BCUT2D eigenvalue weighted by atomic mass is 16.4. The molecule has 1 aliphatic heterocycles. The van der Waals surface area contributed by atoms with Crippen LogP contribution in [0, 0.1) is 5.41 Å². The van der Waals surface area contributed by atoms with Crippen LogP contribution in [0.3, 0.4) is 0 Å². The van der Waals surface area contributed by atoms with Gasteiger partial charge in [-0.3, -0.25) is 14.4 Å². The largest absolute Gasteiger partial charge is 0.481 e. The molecule has 0 aromatic heterocycles. The van der Waals surface area contributed by atoms with E-state index in [2.05, 4.69) is 5.32 Å². The molecule has 6 heteroatoms. The minimum Gasteiger partial charge on any atom is -0.481 e. The molecule has 0 fully saturated rings. The van der Waals surface area contributed by atoms with E-state index in [1.165, 1.54) is 13.8 Å². The third-order valence-corrected chi connectivity index (χ3v) is 4.73. The molecule has 2 amide bonds. The van der Waals surface area contributed by atoms with Crippen LogP contribution >= 0.6 is 0 Å². The van der Waals surface area contributed by atoms with Crippen LogP contribution in [0.1, 0.15) is 36.2 Å². The SMILES string of the molecule is CC(C)(CC(=O)Nc1ccc(C(=O)N2CCc3ccccc32)cc1)C(=O)O. The number of aliphatic carboxylic acids is 1. The zero-order valence-corrected chi connectivity index (χ0v) is 15.4. The number of amides is 2. The number of carboxylic acid groups (broad SMARTS) is 1. The lowest BCUT2D eigenvalue weighted by Gasteiger charge is -2.19. The van der Waals surface area contributed by atoms with Crippen molar-refractivity contribution in [2.75, 3.05) is 16.8 Å². The fourth-order valence-corrected chi connectivity index (χ4v) is 3.08. The minimum absolute atomic E-state index is 0.0789. The second-order valence-corrected chi connectivity index (χ2v) is 7.33. The minimum atomic E-state index is -1.14. The maximum Gasteiger partial charge on any atom is 0.309 e. The summed E-state index contributed by atoms with van der Waals surface area (Å²) in [4.78, 5) is 37.7. The number of hydrogen-bond donors (Lipinski definition) is 2. The van der Waals surface area contributed by atoms with E-state index in [4.69, 9.17) is 5.11 Å². The second kappa shape index (κ2) is 7.23. The van der Waals surface area contributed by atoms with E-state index >= 15 is 0 Å². The van der Waals surface area contributed by atoms with Crippen molar-refractivity contribution in [3.05, 3.63) is 59.7 Å². The van der Waals surface area contributed by atoms with Gasteiger partial charge in [-0.15, -0.1) is 0 Å². The fourth-order valence-electron chi connectivity index (χ4n) is 3.08. The zero-order valence-electron chi connectivity index (χ0n) is 15.4. The number of nitrogens with zero attached hydrogens (tertiary/aromatic N) is 1. The van der Waals surface area contributed by atoms with Crippen molar-refractivity contribution in [2.45, 2.75) is 26.7 Å². The van der Waals surface area contributed by atoms with E-state index in [0.717, 1.165) is 17.7 Å². The summed E-state index contributed by atoms with van der Waals surface area (Å²) in [6.45, 7) is 3.66. The molecular weight excluding hydrogens is 344 g/mol. The van der Waals surface area contributed by atoms with Gasteiger partial charge in [0.05, 0.1) is 5.41 Å². The number of fused-ring (bicyclic) bond motifs is 1. The zero-order chi connectivity index (χ0) is 19.6. The standard InChI is InChI=1S/C21H22N2O4/c1-21(2,20(26)27)13-18(24)22-16-9-7-15(8-10-16)19(25)23-12-11-14-5-3-4-6-17(14)23/h3-10H,11-13H2,1-2H3,(H,22,24)(H,26,27). The summed E-state index contributed by atoms with van der Waals surface area (Å²) < 4.78 is 0. The Labute approximate surface area is 157 Å². The molecule has 2 aromatic rings. The fraction of sp³-hybridized carbons (Fsp3) is 0.286. The Morgan fingerprint density at radius 1 is 1.07 bits per heavy atom. The van der Waals surface area contributed by atoms with Gasteiger partial charge in [-0.2, -0.15) is 0 Å². The molecule has 0 spiro atoms. The molecule has 2 N–H and O–H groups in total. The molecule has 1 aliphatic rings. The van der Waals surface area contributed by atoms with Gasteiger partial charge in [-0.25, -0.2) is 0 Å². The number of carbonyl (C=O) groups is 3. The number of carbonyl (C=O) groups excluding carboxylic acids is 2. The first-order valence-electron chi connectivity index (χ1n) is 8.81. The lowest BCUT2D eigenvalue weighted by molar-refractivity contribution is -0.148. The van der Waals surface area contributed by atoms with Gasteiger partial charge in [0.25, 0.3) is 5.91 Å². The third kappa shape index (κ3) is 4.00. The lowest BCUT2D eigenvalue weighted by Crippen LogP contribution is -2.30. The summed E-state index contributed by atoms with van der Waals surface area (Å²) in [5, 5.41) is 11.8. The van der Waals surface area contributed by atoms with Crippen LogP contribution in [0.4, 0.5) is 11.4 Å². The van der Waals surface area contributed by atoms with Crippen LogP contribution in [-0.4, -0.2) is 29.4 Å². The monoisotopic (exact) mass is 366 g/mol. The normalized spacial score (nSPS) is 13.2. The molecule has 27 heavy (non-hydrogen) atoms.